The molecular formula is C14H17FN2O. The number of carbonyl (C=O) groups excluding carboxylic acids is 1. The fourth-order valence-corrected chi connectivity index (χ4v) is 2.83. The van der Waals surface area contributed by atoms with Gasteiger partial charge in [0, 0.05) is 12.2 Å². The number of carbonyl (C=O) groups is 1. The van der Waals surface area contributed by atoms with Crippen LogP contribution in [-0.4, -0.2) is 25.0 Å². The topological polar surface area (TPSA) is 32.3 Å². The molecule has 1 atom stereocenters. The molecule has 0 aliphatic carbocycles. The van der Waals surface area contributed by atoms with E-state index in [1.807, 2.05) is 0 Å². The Hall–Kier alpha value is -1.42. The van der Waals surface area contributed by atoms with E-state index in [-0.39, 0.29) is 17.8 Å². The van der Waals surface area contributed by atoms with Crippen LogP contribution < -0.4 is 10.2 Å². The van der Waals surface area contributed by atoms with E-state index in [2.05, 4.69) is 5.32 Å². The minimum atomic E-state index is -0.273. The summed E-state index contributed by atoms with van der Waals surface area (Å²) < 4.78 is 13.3. The molecule has 2 aliphatic rings. The number of halogens is 1. The van der Waals surface area contributed by atoms with Crippen molar-refractivity contribution in [3.8, 4) is 0 Å². The van der Waals surface area contributed by atoms with Crippen LogP contribution in [-0.2, 0) is 11.2 Å². The van der Waals surface area contributed by atoms with Crippen LogP contribution in [0.1, 0.15) is 24.8 Å². The highest BCUT2D eigenvalue weighted by Gasteiger charge is 2.30. The van der Waals surface area contributed by atoms with Crippen molar-refractivity contribution in [2.75, 3.05) is 18.0 Å². The van der Waals surface area contributed by atoms with Crippen LogP contribution in [0.4, 0.5) is 10.1 Å². The number of fused-ring (bicyclic) bond motifs is 1. The first-order chi connectivity index (χ1) is 8.75. The van der Waals surface area contributed by atoms with E-state index in [1.54, 1.807) is 11.0 Å². The van der Waals surface area contributed by atoms with Crippen LogP contribution in [0.5, 0.6) is 0 Å². The van der Waals surface area contributed by atoms with Crippen molar-refractivity contribution in [3.05, 3.63) is 29.6 Å². The number of amides is 1. The molecule has 1 saturated heterocycles. The number of benzene rings is 1. The number of hydrogen-bond donors (Lipinski definition) is 1. The summed E-state index contributed by atoms with van der Waals surface area (Å²) in [5.41, 5.74) is 1.83. The van der Waals surface area contributed by atoms with Crippen molar-refractivity contribution in [1.82, 2.24) is 5.32 Å². The Morgan fingerprint density at radius 2 is 2.28 bits per heavy atom. The van der Waals surface area contributed by atoms with Crippen molar-refractivity contribution >= 4 is 11.6 Å². The quantitative estimate of drug-likeness (QED) is 0.822. The summed E-state index contributed by atoms with van der Waals surface area (Å²) in [6, 6.07) is 4.63. The van der Waals surface area contributed by atoms with Gasteiger partial charge in [0.05, 0.1) is 6.04 Å². The van der Waals surface area contributed by atoms with Crippen LogP contribution >= 0.6 is 0 Å². The lowest BCUT2D eigenvalue weighted by molar-refractivity contribution is -0.121. The van der Waals surface area contributed by atoms with E-state index in [0.29, 0.717) is 6.54 Å². The number of nitrogens with zero attached hydrogens (tertiary/aromatic N) is 1. The molecule has 3 nitrogen and oxygen atoms in total. The number of anilines is 1. The molecule has 1 aromatic rings. The van der Waals surface area contributed by atoms with Gasteiger partial charge in [0.1, 0.15) is 5.82 Å². The molecular weight excluding hydrogens is 231 g/mol. The van der Waals surface area contributed by atoms with Gasteiger partial charge in [-0.15, -0.1) is 0 Å². The first-order valence-electron chi connectivity index (χ1n) is 6.59. The van der Waals surface area contributed by atoms with Gasteiger partial charge < -0.3 is 10.2 Å². The molecule has 2 heterocycles. The van der Waals surface area contributed by atoms with E-state index in [1.165, 1.54) is 12.1 Å². The van der Waals surface area contributed by atoms with Crippen molar-refractivity contribution < 1.29 is 9.18 Å². The molecule has 0 spiro atoms. The molecule has 1 fully saturated rings. The second-order valence-electron chi connectivity index (χ2n) is 5.02. The molecule has 1 N–H and O–H groups in total. The Morgan fingerprint density at radius 1 is 1.39 bits per heavy atom. The van der Waals surface area contributed by atoms with Gasteiger partial charge >= 0.3 is 0 Å². The third-order valence-corrected chi connectivity index (χ3v) is 3.82. The Morgan fingerprint density at radius 3 is 3.06 bits per heavy atom. The maximum Gasteiger partial charge on any atom is 0.244 e. The number of hydrogen-bond acceptors (Lipinski definition) is 2. The smallest absolute Gasteiger partial charge is 0.244 e. The second kappa shape index (κ2) is 4.69. The highest BCUT2D eigenvalue weighted by molar-refractivity contribution is 5.99. The zero-order valence-electron chi connectivity index (χ0n) is 10.3. The Labute approximate surface area is 106 Å². The molecule has 1 aromatic carbocycles. The third kappa shape index (κ3) is 2.01. The average Bonchev–Trinajstić information content (AvgIpc) is 2.82. The molecule has 0 unspecified atom stereocenters. The minimum absolute atomic E-state index is 0.0898. The molecule has 1 amide bonds. The van der Waals surface area contributed by atoms with Gasteiger partial charge in [0.2, 0.25) is 5.91 Å². The summed E-state index contributed by atoms with van der Waals surface area (Å²) in [5.74, 6) is -0.177. The van der Waals surface area contributed by atoms with E-state index >= 15 is 0 Å². The zero-order valence-corrected chi connectivity index (χ0v) is 10.3. The van der Waals surface area contributed by atoms with Crippen molar-refractivity contribution in [3.63, 3.8) is 0 Å². The van der Waals surface area contributed by atoms with Crippen LogP contribution in [0.25, 0.3) is 0 Å². The first-order valence-corrected chi connectivity index (χ1v) is 6.59. The molecule has 3 rings (SSSR count). The summed E-state index contributed by atoms with van der Waals surface area (Å²) in [4.78, 5) is 14.2. The zero-order chi connectivity index (χ0) is 12.5. The van der Waals surface area contributed by atoms with Gasteiger partial charge in [-0.05, 0) is 43.5 Å². The molecule has 2 aliphatic heterocycles. The predicted molar refractivity (Wildman–Crippen MR) is 68.1 cm³/mol. The van der Waals surface area contributed by atoms with Crippen LogP contribution in [0.15, 0.2) is 18.2 Å². The highest BCUT2D eigenvalue weighted by atomic mass is 19.1. The second-order valence-corrected chi connectivity index (χ2v) is 5.02. The molecule has 4 heteroatoms. The van der Waals surface area contributed by atoms with Crippen LogP contribution in [0.3, 0.4) is 0 Å². The standard InChI is InChI=1S/C14H17FN2O/c15-11-5-4-10-6-8-17(13(10)9-11)14(18)12-3-1-2-7-16-12/h4-5,9,12,16H,1-3,6-8H2/t12-/m0/s1. The predicted octanol–water partition coefficient (Wildman–Crippen LogP) is 1.86. The lowest BCUT2D eigenvalue weighted by Crippen LogP contribution is -2.48. The maximum atomic E-state index is 13.3. The van der Waals surface area contributed by atoms with Gasteiger partial charge in [-0.1, -0.05) is 12.5 Å². The summed E-state index contributed by atoms with van der Waals surface area (Å²) in [6.45, 7) is 1.58. The number of rotatable bonds is 1. The minimum Gasteiger partial charge on any atom is -0.310 e. The van der Waals surface area contributed by atoms with E-state index in [4.69, 9.17) is 0 Å². The Kier molecular flexibility index (Phi) is 3.04. The van der Waals surface area contributed by atoms with E-state index < -0.39 is 0 Å². The van der Waals surface area contributed by atoms with Crippen LogP contribution in [0, 0.1) is 5.82 Å². The molecule has 0 saturated carbocycles. The number of nitrogens with one attached hydrogen (secondary N) is 1. The Balaban J connectivity index is 1.82. The van der Waals surface area contributed by atoms with Crippen molar-refractivity contribution in [2.24, 2.45) is 0 Å². The van der Waals surface area contributed by atoms with Crippen molar-refractivity contribution in [2.45, 2.75) is 31.7 Å². The summed E-state index contributed by atoms with van der Waals surface area (Å²) in [5, 5.41) is 3.26. The van der Waals surface area contributed by atoms with Gasteiger partial charge in [0.15, 0.2) is 0 Å². The first kappa shape index (κ1) is 11.7. The number of piperidine rings is 1. The van der Waals surface area contributed by atoms with Gasteiger partial charge in [-0.3, -0.25) is 4.79 Å². The lowest BCUT2D eigenvalue weighted by Gasteiger charge is -2.27. The molecule has 18 heavy (non-hydrogen) atoms. The third-order valence-electron chi connectivity index (χ3n) is 3.82. The highest BCUT2D eigenvalue weighted by Crippen LogP contribution is 2.29. The molecule has 0 bridgehead atoms. The summed E-state index contributed by atoms with van der Waals surface area (Å²) >= 11 is 0. The summed E-state index contributed by atoms with van der Waals surface area (Å²) in [7, 11) is 0. The van der Waals surface area contributed by atoms with Gasteiger partial charge in [0.25, 0.3) is 0 Å². The van der Waals surface area contributed by atoms with Crippen molar-refractivity contribution in [1.29, 1.82) is 0 Å². The monoisotopic (exact) mass is 248 g/mol. The fraction of sp³-hybridized carbons (Fsp3) is 0.500. The summed E-state index contributed by atoms with van der Waals surface area (Å²) in [6.07, 6.45) is 3.94. The molecule has 0 aromatic heterocycles. The van der Waals surface area contributed by atoms with E-state index in [0.717, 1.165) is 43.5 Å². The van der Waals surface area contributed by atoms with E-state index in [9.17, 15) is 9.18 Å². The Bertz CT molecular complexity index is 469. The SMILES string of the molecule is O=C([C@@H]1CCCCN1)N1CCc2ccc(F)cc21. The van der Waals surface area contributed by atoms with Gasteiger partial charge in [-0.2, -0.15) is 0 Å². The van der Waals surface area contributed by atoms with Crippen LogP contribution in [0.2, 0.25) is 0 Å². The fourth-order valence-electron chi connectivity index (χ4n) is 2.83. The normalized spacial score (nSPS) is 22.9. The molecule has 0 radical (unpaired) electrons. The maximum absolute atomic E-state index is 13.3. The largest absolute Gasteiger partial charge is 0.310 e. The molecule has 96 valence electrons. The lowest BCUT2D eigenvalue weighted by atomic mass is 10.0. The van der Waals surface area contributed by atoms with Gasteiger partial charge in [-0.25, -0.2) is 4.39 Å². The average molecular weight is 248 g/mol.